The predicted octanol–water partition coefficient (Wildman–Crippen LogP) is 2.70. The van der Waals surface area contributed by atoms with Gasteiger partial charge < -0.3 is 9.47 Å². The van der Waals surface area contributed by atoms with Crippen LogP contribution >= 0.6 is 11.6 Å². The van der Waals surface area contributed by atoms with Crippen molar-refractivity contribution in [3.8, 4) is 5.75 Å². The Bertz CT molecular complexity index is 1000. The van der Waals surface area contributed by atoms with Crippen LogP contribution in [0.5, 0.6) is 5.75 Å². The third kappa shape index (κ3) is 3.28. The fraction of sp³-hybridized carbons (Fsp3) is 0.474. The highest BCUT2D eigenvalue weighted by Crippen LogP contribution is 2.42. The largest absolute Gasteiger partial charge is 0.495 e. The lowest BCUT2D eigenvalue weighted by Gasteiger charge is -2.43. The molecule has 3 heterocycles. The average molecular weight is 424 g/mol. The quantitative estimate of drug-likeness (QED) is 0.754. The first-order valence-electron chi connectivity index (χ1n) is 9.16. The van der Waals surface area contributed by atoms with Crippen molar-refractivity contribution in [1.82, 2.24) is 14.3 Å². The van der Waals surface area contributed by atoms with Crippen LogP contribution in [0.4, 0.5) is 0 Å². The molecule has 0 aliphatic carbocycles. The number of ether oxygens (including phenoxy) is 2. The molecule has 2 aliphatic heterocycles. The number of rotatable bonds is 3. The monoisotopic (exact) mass is 423 g/mol. The lowest BCUT2D eigenvalue weighted by atomic mass is 9.84. The van der Waals surface area contributed by atoms with Gasteiger partial charge in [0, 0.05) is 24.3 Å². The van der Waals surface area contributed by atoms with E-state index in [1.807, 2.05) is 13.1 Å². The summed E-state index contributed by atoms with van der Waals surface area (Å²) in [6, 6.07) is 4.61. The van der Waals surface area contributed by atoms with Crippen molar-refractivity contribution in [3.05, 3.63) is 46.5 Å². The van der Waals surface area contributed by atoms with Gasteiger partial charge in [-0.25, -0.2) is 18.4 Å². The lowest BCUT2D eigenvalue weighted by molar-refractivity contribution is -0.0927. The third-order valence-corrected chi connectivity index (χ3v) is 7.59. The number of aryl methyl sites for hydroxylation is 1. The second-order valence-corrected chi connectivity index (χ2v) is 9.43. The van der Waals surface area contributed by atoms with Gasteiger partial charge in [0.2, 0.25) is 10.0 Å². The first-order valence-corrected chi connectivity index (χ1v) is 11.0. The second kappa shape index (κ2) is 7.26. The third-order valence-electron chi connectivity index (χ3n) is 5.44. The van der Waals surface area contributed by atoms with E-state index >= 15 is 0 Å². The van der Waals surface area contributed by atoms with E-state index in [-0.39, 0.29) is 10.6 Å². The van der Waals surface area contributed by atoms with Crippen LogP contribution in [0.1, 0.15) is 29.9 Å². The predicted molar refractivity (Wildman–Crippen MR) is 104 cm³/mol. The van der Waals surface area contributed by atoms with Gasteiger partial charge in [-0.1, -0.05) is 11.6 Å². The summed E-state index contributed by atoms with van der Waals surface area (Å²) >= 11 is 6.03. The molecule has 0 bridgehead atoms. The van der Waals surface area contributed by atoms with Crippen LogP contribution in [-0.4, -0.2) is 49.5 Å². The summed E-state index contributed by atoms with van der Waals surface area (Å²) in [4.78, 5) is 9.01. The summed E-state index contributed by atoms with van der Waals surface area (Å²) in [5.41, 5.74) is 1.44. The first kappa shape index (κ1) is 19.6. The van der Waals surface area contributed by atoms with Gasteiger partial charge in [-0.3, -0.25) is 0 Å². The van der Waals surface area contributed by atoms with Crippen molar-refractivity contribution in [1.29, 1.82) is 0 Å². The Balaban J connectivity index is 1.62. The van der Waals surface area contributed by atoms with Gasteiger partial charge in [0.1, 0.15) is 22.1 Å². The standard InChI is InChI=1S/C19H22ClN3O4S/c1-13-21-12-14-5-10-27-19(18(14)22-13)6-8-23(9-7-19)28(24,25)17-11-15(20)3-4-16(17)26-2/h3-4,11-12H,5-10H2,1-2H3. The minimum atomic E-state index is -3.73. The Morgan fingerprint density at radius 2 is 2.04 bits per heavy atom. The van der Waals surface area contributed by atoms with E-state index in [1.165, 1.54) is 17.5 Å². The van der Waals surface area contributed by atoms with Crippen molar-refractivity contribution >= 4 is 21.6 Å². The number of benzene rings is 1. The summed E-state index contributed by atoms with van der Waals surface area (Å²) in [6.07, 6.45) is 3.72. The van der Waals surface area contributed by atoms with E-state index in [4.69, 9.17) is 21.1 Å². The topological polar surface area (TPSA) is 81.6 Å². The molecule has 28 heavy (non-hydrogen) atoms. The molecular formula is C19H22ClN3O4S. The maximum absolute atomic E-state index is 13.2. The van der Waals surface area contributed by atoms with E-state index < -0.39 is 15.6 Å². The molecule has 1 aromatic heterocycles. The summed E-state index contributed by atoms with van der Waals surface area (Å²) in [6.45, 7) is 3.11. The van der Waals surface area contributed by atoms with Crippen molar-refractivity contribution in [2.45, 2.75) is 36.7 Å². The number of piperidine rings is 1. The molecule has 1 spiro atoms. The molecule has 1 fully saturated rings. The second-order valence-electron chi connectivity index (χ2n) is 7.08. The van der Waals surface area contributed by atoms with E-state index in [0.29, 0.717) is 43.4 Å². The maximum Gasteiger partial charge on any atom is 0.246 e. The molecule has 1 saturated heterocycles. The van der Waals surface area contributed by atoms with Crippen molar-refractivity contribution in [2.75, 3.05) is 26.8 Å². The van der Waals surface area contributed by atoms with Gasteiger partial charge in [0.25, 0.3) is 0 Å². The molecule has 0 saturated carbocycles. The van der Waals surface area contributed by atoms with E-state index in [0.717, 1.165) is 17.7 Å². The van der Waals surface area contributed by atoms with Crippen LogP contribution in [-0.2, 0) is 26.8 Å². The van der Waals surface area contributed by atoms with Crippen LogP contribution in [0.15, 0.2) is 29.3 Å². The minimum Gasteiger partial charge on any atom is -0.495 e. The highest BCUT2D eigenvalue weighted by Gasteiger charge is 2.45. The smallest absolute Gasteiger partial charge is 0.246 e. The molecule has 150 valence electrons. The summed E-state index contributed by atoms with van der Waals surface area (Å²) in [7, 11) is -2.29. The molecule has 7 nitrogen and oxygen atoms in total. The Morgan fingerprint density at radius 1 is 1.29 bits per heavy atom. The molecule has 0 atom stereocenters. The molecule has 9 heteroatoms. The van der Waals surface area contributed by atoms with Crippen molar-refractivity contribution < 1.29 is 17.9 Å². The first-order chi connectivity index (χ1) is 13.4. The molecule has 4 rings (SSSR count). The van der Waals surface area contributed by atoms with Crippen molar-refractivity contribution in [3.63, 3.8) is 0 Å². The molecule has 0 radical (unpaired) electrons. The molecular weight excluding hydrogens is 402 g/mol. The molecule has 0 N–H and O–H groups in total. The fourth-order valence-electron chi connectivity index (χ4n) is 3.96. The minimum absolute atomic E-state index is 0.0848. The van der Waals surface area contributed by atoms with Gasteiger partial charge in [-0.2, -0.15) is 4.31 Å². The molecule has 2 aliphatic rings. The molecule has 1 aromatic carbocycles. The number of aromatic nitrogens is 2. The average Bonchev–Trinajstić information content (AvgIpc) is 2.69. The fourth-order valence-corrected chi connectivity index (χ4v) is 5.82. The Morgan fingerprint density at radius 3 is 2.75 bits per heavy atom. The van der Waals surface area contributed by atoms with Crippen LogP contribution in [0.2, 0.25) is 5.02 Å². The Hall–Kier alpha value is -1.74. The summed E-state index contributed by atoms with van der Waals surface area (Å²) in [5, 5.41) is 0.351. The molecule has 2 aromatic rings. The molecule has 0 amide bonds. The number of halogens is 1. The van der Waals surface area contributed by atoms with Gasteiger partial charge in [-0.05, 0) is 49.9 Å². The van der Waals surface area contributed by atoms with Gasteiger partial charge >= 0.3 is 0 Å². The Labute approximate surface area is 169 Å². The number of hydrogen-bond donors (Lipinski definition) is 0. The zero-order valence-corrected chi connectivity index (χ0v) is 17.4. The number of hydrogen-bond acceptors (Lipinski definition) is 6. The van der Waals surface area contributed by atoms with E-state index in [2.05, 4.69) is 9.97 Å². The van der Waals surface area contributed by atoms with Crippen LogP contribution in [0.25, 0.3) is 0 Å². The van der Waals surface area contributed by atoms with Crippen molar-refractivity contribution in [2.24, 2.45) is 0 Å². The number of nitrogens with zero attached hydrogens (tertiary/aromatic N) is 3. The van der Waals surface area contributed by atoms with Crippen LogP contribution in [0.3, 0.4) is 0 Å². The molecule has 0 unspecified atom stereocenters. The highest BCUT2D eigenvalue weighted by molar-refractivity contribution is 7.89. The Kier molecular flexibility index (Phi) is 5.07. The lowest BCUT2D eigenvalue weighted by Crippen LogP contribution is -2.48. The van der Waals surface area contributed by atoms with E-state index in [1.54, 1.807) is 12.1 Å². The number of fused-ring (bicyclic) bond motifs is 2. The van der Waals surface area contributed by atoms with Gasteiger partial charge in [0.05, 0.1) is 19.4 Å². The number of sulfonamides is 1. The summed E-state index contributed by atoms with van der Waals surface area (Å²) in [5.74, 6) is 0.981. The number of methoxy groups -OCH3 is 1. The van der Waals surface area contributed by atoms with Crippen LogP contribution in [0, 0.1) is 6.92 Å². The van der Waals surface area contributed by atoms with Gasteiger partial charge in [-0.15, -0.1) is 0 Å². The SMILES string of the molecule is COc1ccc(Cl)cc1S(=O)(=O)N1CCC2(CC1)OCCc1cnc(C)nc12. The zero-order chi connectivity index (χ0) is 19.9. The summed E-state index contributed by atoms with van der Waals surface area (Å²) < 4.78 is 39.3. The normalized spacial score (nSPS) is 19.4. The highest BCUT2D eigenvalue weighted by atomic mass is 35.5. The van der Waals surface area contributed by atoms with E-state index in [9.17, 15) is 8.42 Å². The zero-order valence-electron chi connectivity index (χ0n) is 15.8. The maximum atomic E-state index is 13.2. The van der Waals surface area contributed by atoms with Gasteiger partial charge in [0.15, 0.2) is 0 Å². The van der Waals surface area contributed by atoms with Crippen LogP contribution < -0.4 is 4.74 Å².